The molecular formula is C88H58BBrO4. The van der Waals surface area contributed by atoms with Gasteiger partial charge in [-0.2, -0.15) is 0 Å². The Morgan fingerprint density at radius 2 is 0.521 bits per heavy atom. The van der Waals surface area contributed by atoms with E-state index in [2.05, 4.69) is 259 Å². The van der Waals surface area contributed by atoms with Gasteiger partial charge in [-0.15, -0.1) is 0 Å². The molecule has 2 N–H and O–H groups in total. The van der Waals surface area contributed by atoms with Gasteiger partial charge in [0.25, 0.3) is 0 Å². The maximum absolute atomic E-state index is 10.2. The average molecular weight is 1270 g/mol. The number of rotatable bonds is 8. The van der Waals surface area contributed by atoms with Gasteiger partial charge >= 0.3 is 7.12 Å². The van der Waals surface area contributed by atoms with Crippen LogP contribution < -0.4 is 5.46 Å². The maximum Gasteiger partial charge on any atom is 0.489 e. The number of benzene rings is 16. The van der Waals surface area contributed by atoms with Gasteiger partial charge in [-0.1, -0.05) is 325 Å². The minimum atomic E-state index is -1.54. The molecule has 2 aromatic heterocycles. The first-order chi connectivity index (χ1) is 46.4. The molecule has 6 heteroatoms. The zero-order valence-electron chi connectivity index (χ0n) is 51.0. The Balaban J connectivity index is 0.000000122. The molecule has 0 saturated heterocycles. The van der Waals surface area contributed by atoms with Crippen molar-refractivity contribution in [3.63, 3.8) is 0 Å². The Bertz CT molecular complexity index is 5760. The minimum Gasteiger partial charge on any atom is -0.455 e. The average Bonchev–Trinajstić information content (AvgIpc) is 0.874. The molecule has 0 aliphatic rings. The Morgan fingerprint density at radius 3 is 0.957 bits per heavy atom. The van der Waals surface area contributed by atoms with Crippen LogP contribution in [0.15, 0.2) is 353 Å². The zero-order valence-corrected chi connectivity index (χ0v) is 52.6. The first-order valence-electron chi connectivity index (χ1n) is 31.6. The van der Waals surface area contributed by atoms with Gasteiger partial charge in [-0.25, -0.2) is 0 Å². The standard InChI is InChI=1S/C44H28O.C26H19BO2.C18H11BrO/c1-2-14-29(15-3-1)32-18-4-5-20-35(32)43-38-23-8-6-21-36(38)42(37-22-7-9-24-39(37)43)31-17-12-16-30(28-31)33-25-13-26-40-34-19-10-11-27-41(34)45-44(33)40;28-27(29)26-23-16-8-6-14-21(23)25(22-15-7-9-17-24(22)26)20-13-5-4-12-19(20)18-10-2-1-3-11-18;19-13-6-3-5-12(11-13)14-8-4-9-16-15-7-1-2-10-17(15)20-18(14)16/h1-28H;1-17,28-29H;1-11H. The van der Waals surface area contributed by atoms with Crippen molar-refractivity contribution in [3.8, 4) is 77.9 Å². The summed E-state index contributed by atoms with van der Waals surface area (Å²) in [6.45, 7) is 0. The summed E-state index contributed by atoms with van der Waals surface area (Å²) in [6, 6.07) is 118. The van der Waals surface area contributed by atoms with E-state index in [4.69, 9.17) is 8.83 Å². The first-order valence-corrected chi connectivity index (χ1v) is 32.4. The van der Waals surface area contributed by atoms with E-state index in [0.717, 1.165) is 109 Å². The van der Waals surface area contributed by atoms with Crippen LogP contribution in [0.4, 0.5) is 0 Å². The number of fused-ring (bicyclic) bond motifs is 10. The van der Waals surface area contributed by atoms with Gasteiger partial charge in [-0.05, 0) is 146 Å². The highest BCUT2D eigenvalue weighted by molar-refractivity contribution is 9.10. The van der Waals surface area contributed by atoms with Gasteiger partial charge in [0, 0.05) is 37.1 Å². The third-order valence-electron chi connectivity index (χ3n) is 18.1. The minimum absolute atomic E-state index is 0.553. The van der Waals surface area contributed by atoms with Crippen LogP contribution in [0.25, 0.3) is 165 Å². The van der Waals surface area contributed by atoms with Crippen LogP contribution >= 0.6 is 15.9 Å². The lowest BCUT2D eigenvalue weighted by atomic mass is 9.72. The van der Waals surface area contributed by atoms with E-state index in [1.807, 2.05) is 97.1 Å². The second-order valence-corrected chi connectivity index (χ2v) is 24.5. The molecular weight excluding hydrogens is 1210 g/mol. The third kappa shape index (κ3) is 10.5. The van der Waals surface area contributed by atoms with Crippen LogP contribution in [-0.4, -0.2) is 17.2 Å². The summed E-state index contributed by atoms with van der Waals surface area (Å²) in [5, 5.41) is 33.7. The lowest BCUT2D eigenvalue weighted by Gasteiger charge is -2.20. The van der Waals surface area contributed by atoms with Gasteiger partial charge < -0.3 is 18.9 Å². The molecule has 0 radical (unpaired) electrons. The number of hydrogen-bond acceptors (Lipinski definition) is 4. The van der Waals surface area contributed by atoms with Gasteiger partial charge in [0.05, 0.1) is 0 Å². The zero-order chi connectivity index (χ0) is 63.1. The van der Waals surface area contributed by atoms with Crippen LogP contribution in [0.5, 0.6) is 0 Å². The van der Waals surface area contributed by atoms with Gasteiger partial charge in [0.15, 0.2) is 0 Å². The Morgan fingerprint density at radius 1 is 0.223 bits per heavy atom. The molecule has 0 fully saturated rings. The molecule has 0 saturated carbocycles. The molecule has 444 valence electrons. The summed E-state index contributed by atoms with van der Waals surface area (Å²) in [4.78, 5) is 0. The molecule has 0 aliphatic carbocycles. The molecule has 18 rings (SSSR count). The SMILES string of the molecule is Brc1cccc(-c2cccc3c2oc2ccccc23)c1.OB(O)c1c2ccccc2c(-c2ccccc2-c2ccccc2)c2ccccc12.c1ccc(-c2ccccc2-c2c3ccccc3c(-c3cccc(-c4cccc5c4oc4ccccc45)c3)c3ccccc23)cc1. The smallest absolute Gasteiger partial charge is 0.455 e. The molecule has 4 nitrogen and oxygen atoms in total. The van der Waals surface area contributed by atoms with Crippen molar-refractivity contribution in [3.05, 3.63) is 344 Å². The molecule has 0 amide bonds. The fraction of sp³-hybridized carbons (Fsp3) is 0. The monoisotopic (exact) mass is 1270 g/mol. The summed E-state index contributed by atoms with van der Waals surface area (Å²) in [5.41, 5.74) is 20.8. The highest BCUT2D eigenvalue weighted by atomic mass is 79.9. The Labute approximate surface area is 552 Å². The van der Waals surface area contributed by atoms with Gasteiger partial charge in [0.1, 0.15) is 22.3 Å². The van der Waals surface area contributed by atoms with Crippen molar-refractivity contribution >= 4 is 115 Å². The summed E-state index contributed by atoms with van der Waals surface area (Å²) in [5.74, 6) is 0. The summed E-state index contributed by atoms with van der Waals surface area (Å²) < 4.78 is 13.6. The van der Waals surface area contributed by atoms with Crippen LogP contribution in [0, 0.1) is 0 Å². The number of hydrogen-bond donors (Lipinski definition) is 2. The molecule has 0 bridgehead atoms. The van der Waals surface area contributed by atoms with E-state index < -0.39 is 7.12 Å². The van der Waals surface area contributed by atoms with Crippen molar-refractivity contribution in [2.24, 2.45) is 0 Å². The fourth-order valence-electron chi connectivity index (χ4n) is 14.0. The lowest BCUT2D eigenvalue weighted by Crippen LogP contribution is -2.31. The summed E-state index contributed by atoms with van der Waals surface area (Å²) >= 11 is 3.53. The van der Waals surface area contributed by atoms with Crippen molar-refractivity contribution in [2.75, 3.05) is 0 Å². The van der Waals surface area contributed by atoms with E-state index in [1.165, 1.54) is 60.3 Å². The molecule has 2 heterocycles. The lowest BCUT2D eigenvalue weighted by molar-refractivity contribution is 0.426. The highest BCUT2D eigenvalue weighted by Gasteiger charge is 2.24. The molecule has 0 atom stereocenters. The highest BCUT2D eigenvalue weighted by Crippen LogP contribution is 2.48. The quantitative estimate of drug-likeness (QED) is 0.118. The number of halogens is 1. The molecule has 0 unspecified atom stereocenters. The molecule has 0 spiro atoms. The first kappa shape index (κ1) is 57.8. The van der Waals surface area contributed by atoms with E-state index in [0.29, 0.717) is 5.46 Å². The molecule has 0 aliphatic heterocycles. The van der Waals surface area contributed by atoms with Crippen LogP contribution in [0.3, 0.4) is 0 Å². The van der Waals surface area contributed by atoms with Crippen molar-refractivity contribution < 1.29 is 18.9 Å². The van der Waals surface area contributed by atoms with Crippen LogP contribution in [0.1, 0.15) is 0 Å². The largest absolute Gasteiger partial charge is 0.489 e. The summed E-state index contributed by atoms with van der Waals surface area (Å²) in [6.07, 6.45) is 0. The maximum atomic E-state index is 10.2. The third-order valence-corrected chi connectivity index (χ3v) is 18.6. The van der Waals surface area contributed by atoms with Gasteiger partial charge in [0.2, 0.25) is 0 Å². The second kappa shape index (κ2) is 25.0. The number of furan rings is 2. The predicted molar refractivity (Wildman–Crippen MR) is 399 cm³/mol. The Hall–Kier alpha value is -11.4. The van der Waals surface area contributed by atoms with Crippen molar-refractivity contribution in [1.82, 2.24) is 0 Å². The van der Waals surface area contributed by atoms with E-state index >= 15 is 0 Å². The number of para-hydroxylation sites is 4. The van der Waals surface area contributed by atoms with E-state index in [1.54, 1.807) is 0 Å². The van der Waals surface area contributed by atoms with E-state index in [9.17, 15) is 10.0 Å². The normalized spacial score (nSPS) is 11.4. The van der Waals surface area contributed by atoms with Crippen LogP contribution in [0.2, 0.25) is 0 Å². The summed E-state index contributed by atoms with van der Waals surface area (Å²) in [7, 11) is -1.54. The van der Waals surface area contributed by atoms with Gasteiger partial charge in [-0.3, -0.25) is 0 Å². The predicted octanol–water partition coefficient (Wildman–Crippen LogP) is 23.6. The molecule has 94 heavy (non-hydrogen) atoms. The van der Waals surface area contributed by atoms with Crippen LogP contribution in [-0.2, 0) is 0 Å². The molecule has 16 aromatic carbocycles. The van der Waals surface area contributed by atoms with Crippen molar-refractivity contribution in [1.29, 1.82) is 0 Å². The second-order valence-electron chi connectivity index (χ2n) is 23.6. The molecule has 18 aromatic rings. The van der Waals surface area contributed by atoms with Crippen molar-refractivity contribution in [2.45, 2.75) is 0 Å². The Kier molecular flexibility index (Phi) is 15.4. The fourth-order valence-corrected chi connectivity index (χ4v) is 14.4. The van der Waals surface area contributed by atoms with E-state index in [-0.39, 0.29) is 0 Å². The topological polar surface area (TPSA) is 66.7 Å².